The highest BCUT2D eigenvalue weighted by Gasteiger charge is 2.15. The zero-order chi connectivity index (χ0) is 20.2. The number of hydrogen-bond donors (Lipinski definition) is 0. The molecule has 4 heteroatoms. The second kappa shape index (κ2) is 5.98. The van der Waals surface area contributed by atoms with E-state index in [0.717, 1.165) is 43.8 Å². The fourth-order valence-corrected chi connectivity index (χ4v) is 4.32. The molecule has 2 heterocycles. The van der Waals surface area contributed by atoms with Crippen LogP contribution in [0.15, 0.2) is 83.3 Å². The topological polar surface area (TPSA) is 46.2 Å². The molecule has 0 bridgehead atoms. The summed E-state index contributed by atoms with van der Waals surface area (Å²) < 4.78 is 8.17. The maximum atomic E-state index is 9.41. The minimum absolute atomic E-state index is 0.531. The van der Waals surface area contributed by atoms with Crippen molar-refractivity contribution in [3.8, 4) is 11.8 Å². The fourth-order valence-electron chi connectivity index (χ4n) is 4.32. The Morgan fingerprint density at radius 1 is 0.800 bits per heavy atom. The first kappa shape index (κ1) is 16.4. The van der Waals surface area contributed by atoms with Gasteiger partial charge in [0.25, 0.3) is 0 Å². The summed E-state index contributed by atoms with van der Waals surface area (Å²) in [5.41, 5.74) is 5.57. The molecule has 6 rings (SSSR count). The Bertz CT molecular complexity index is 1720. The lowest BCUT2D eigenvalue weighted by Crippen LogP contribution is -1.93. The molecule has 0 radical (unpaired) electrons. The van der Waals surface area contributed by atoms with Crippen LogP contribution in [0.4, 0.5) is 5.69 Å². The number of fused-ring (bicyclic) bond motifs is 6. The van der Waals surface area contributed by atoms with Crippen LogP contribution < -0.4 is 0 Å². The molecule has 0 fully saturated rings. The summed E-state index contributed by atoms with van der Waals surface area (Å²) in [5, 5.41) is 13.6. The summed E-state index contributed by atoms with van der Waals surface area (Å²) in [7, 11) is 0. The Balaban J connectivity index is 1.74. The molecular formula is C26H13N3O. The van der Waals surface area contributed by atoms with Gasteiger partial charge in [-0.05, 0) is 36.4 Å². The third kappa shape index (κ3) is 2.13. The van der Waals surface area contributed by atoms with E-state index in [9.17, 15) is 5.26 Å². The average Bonchev–Trinajstić information content (AvgIpc) is 3.33. The molecule has 0 aliphatic heterocycles. The third-order valence-electron chi connectivity index (χ3n) is 5.65. The van der Waals surface area contributed by atoms with Crippen molar-refractivity contribution in [1.82, 2.24) is 4.57 Å². The largest absolute Gasteiger partial charge is 0.455 e. The smallest absolute Gasteiger partial charge is 0.189 e. The Kier molecular flexibility index (Phi) is 3.27. The standard InChI is InChI=1S/C26H13N3O/c1-28-17-9-11-20-19-6-2-3-8-23(19)29(24(20)13-17)18-10-12-25-22(14-18)21-7-4-5-16(15-27)26(21)30-25/h2-14H. The molecular weight excluding hydrogens is 370 g/mol. The van der Waals surface area contributed by atoms with E-state index in [0.29, 0.717) is 16.8 Å². The predicted molar refractivity (Wildman–Crippen MR) is 119 cm³/mol. The minimum atomic E-state index is 0.531. The maximum absolute atomic E-state index is 9.41. The third-order valence-corrected chi connectivity index (χ3v) is 5.65. The van der Waals surface area contributed by atoms with Gasteiger partial charge in [-0.2, -0.15) is 5.26 Å². The molecule has 0 spiro atoms. The Hall–Kier alpha value is -4.54. The molecule has 2 aromatic heterocycles. The monoisotopic (exact) mass is 383 g/mol. The first-order chi connectivity index (χ1) is 14.8. The Morgan fingerprint density at radius 2 is 1.63 bits per heavy atom. The average molecular weight is 383 g/mol. The molecule has 4 nitrogen and oxygen atoms in total. The number of nitriles is 1. The van der Waals surface area contributed by atoms with Crippen LogP contribution >= 0.6 is 0 Å². The van der Waals surface area contributed by atoms with Crippen LogP contribution in [0.2, 0.25) is 0 Å². The van der Waals surface area contributed by atoms with Crippen LogP contribution in [0.3, 0.4) is 0 Å². The van der Waals surface area contributed by atoms with E-state index in [1.54, 1.807) is 6.07 Å². The Morgan fingerprint density at radius 3 is 2.50 bits per heavy atom. The summed E-state index contributed by atoms with van der Waals surface area (Å²) in [4.78, 5) is 3.62. The van der Waals surface area contributed by atoms with E-state index in [1.165, 1.54) is 0 Å². The summed E-state index contributed by atoms with van der Waals surface area (Å²) in [6.45, 7) is 7.42. The minimum Gasteiger partial charge on any atom is -0.455 e. The second-order valence-electron chi connectivity index (χ2n) is 7.24. The number of rotatable bonds is 1. The molecule has 138 valence electrons. The summed E-state index contributed by atoms with van der Waals surface area (Å²) in [5.74, 6) is 0. The quantitative estimate of drug-likeness (QED) is 0.284. The highest BCUT2D eigenvalue weighted by Crippen LogP contribution is 2.37. The van der Waals surface area contributed by atoms with Gasteiger partial charge in [-0.25, -0.2) is 4.85 Å². The first-order valence-corrected chi connectivity index (χ1v) is 9.55. The van der Waals surface area contributed by atoms with E-state index in [-0.39, 0.29) is 0 Å². The lowest BCUT2D eigenvalue weighted by molar-refractivity contribution is 0.667. The summed E-state index contributed by atoms with van der Waals surface area (Å²) in [6, 6.07) is 28.0. The van der Waals surface area contributed by atoms with Crippen LogP contribution in [0.25, 0.3) is 54.3 Å². The van der Waals surface area contributed by atoms with Gasteiger partial charge >= 0.3 is 0 Å². The van der Waals surface area contributed by atoms with E-state index in [1.807, 2.05) is 54.6 Å². The van der Waals surface area contributed by atoms with Gasteiger partial charge in [-0.15, -0.1) is 0 Å². The zero-order valence-corrected chi connectivity index (χ0v) is 15.8. The van der Waals surface area contributed by atoms with E-state index in [2.05, 4.69) is 33.7 Å². The van der Waals surface area contributed by atoms with Crippen LogP contribution in [0.1, 0.15) is 5.56 Å². The van der Waals surface area contributed by atoms with Crippen molar-refractivity contribution in [1.29, 1.82) is 5.26 Å². The molecule has 4 aromatic carbocycles. The summed E-state index contributed by atoms with van der Waals surface area (Å²) in [6.07, 6.45) is 0. The van der Waals surface area contributed by atoms with Crippen LogP contribution in [0, 0.1) is 17.9 Å². The highest BCUT2D eigenvalue weighted by atomic mass is 16.3. The normalized spacial score (nSPS) is 11.3. The molecule has 6 aromatic rings. The van der Waals surface area contributed by atoms with Gasteiger partial charge < -0.3 is 8.98 Å². The molecule has 0 N–H and O–H groups in total. The fraction of sp³-hybridized carbons (Fsp3) is 0. The van der Waals surface area contributed by atoms with E-state index >= 15 is 0 Å². The lowest BCUT2D eigenvalue weighted by atomic mass is 10.1. The molecule has 0 amide bonds. The molecule has 0 saturated heterocycles. The van der Waals surface area contributed by atoms with E-state index < -0.39 is 0 Å². The molecule has 0 atom stereocenters. The molecule has 0 aliphatic carbocycles. The molecule has 0 saturated carbocycles. The molecule has 0 unspecified atom stereocenters. The van der Waals surface area contributed by atoms with Crippen molar-refractivity contribution in [2.75, 3.05) is 0 Å². The number of hydrogen-bond acceptors (Lipinski definition) is 2. The van der Waals surface area contributed by atoms with Gasteiger partial charge in [-0.3, -0.25) is 0 Å². The van der Waals surface area contributed by atoms with Gasteiger partial charge in [0.05, 0.1) is 17.7 Å². The maximum Gasteiger partial charge on any atom is 0.189 e. The number of nitrogens with zero attached hydrogens (tertiary/aromatic N) is 3. The van der Waals surface area contributed by atoms with E-state index in [4.69, 9.17) is 11.0 Å². The highest BCUT2D eigenvalue weighted by molar-refractivity contribution is 6.11. The SMILES string of the molecule is [C-]#[N+]c1ccc2c3ccccc3n(-c3ccc4oc5c(C#N)cccc5c4c3)c2c1. The number of aromatic nitrogens is 1. The number of para-hydroxylation sites is 2. The van der Waals surface area contributed by atoms with Crippen molar-refractivity contribution >= 4 is 49.4 Å². The van der Waals surface area contributed by atoms with Crippen molar-refractivity contribution in [3.63, 3.8) is 0 Å². The lowest BCUT2D eigenvalue weighted by Gasteiger charge is -2.08. The van der Waals surface area contributed by atoms with Gasteiger partial charge in [0.2, 0.25) is 0 Å². The summed E-state index contributed by atoms with van der Waals surface area (Å²) >= 11 is 0. The molecule has 0 aliphatic rings. The molecule has 30 heavy (non-hydrogen) atoms. The Labute approximate surface area is 171 Å². The zero-order valence-electron chi connectivity index (χ0n) is 15.8. The van der Waals surface area contributed by atoms with Gasteiger partial charge in [0.1, 0.15) is 11.7 Å². The van der Waals surface area contributed by atoms with Gasteiger partial charge in [-0.1, -0.05) is 42.5 Å². The van der Waals surface area contributed by atoms with Gasteiger partial charge in [0, 0.05) is 32.7 Å². The van der Waals surface area contributed by atoms with Gasteiger partial charge in [0.15, 0.2) is 11.3 Å². The van der Waals surface area contributed by atoms with Crippen molar-refractivity contribution in [2.24, 2.45) is 0 Å². The van der Waals surface area contributed by atoms with Crippen LogP contribution in [-0.2, 0) is 0 Å². The van der Waals surface area contributed by atoms with Crippen LogP contribution in [-0.4, -0.2) is 4.57 Å². The first-order valence-electron chi connectivity index (χ1n) is 9.55. The van der Waals surface area contributed by atoms with Crippen LogP contribution in [0.5, 0.6) is 0 Å². The second-order valence-corrected chi connectivity index (χ2v) is 7.24. The number of benzene rings is 4. The number of furan rings is 1. The van der Waals surface area contributed by atoms with Crippen molar-refractivity contribution in [3.05, 3.63) is 95.8 Å². The van der Waals surface area contributed by atoms with Crippen molar-refractivity contribution < 1.29 is 4.42 Å². The van der Waals surface area contributed by atoms with Crippen molar-refractivity contribution in [2.45, 2.75) is 0 Å². The predicted octanol–water partition coefficient (Wildman–Crippen LogP) is 7.11.